The normalized spacial score (nSPS) is 14.2. The number of H-pyrrole nitrogens is 1. The Morgan fingerprint density at radius 2 is 2.07 bits per heavy atom. The zero-order valence-corrected chi connectivity index (χ0v) is 15.0. The number of nitrogens with zero attached hydrogens (tertiary/aromatic N) is 2. The van der Waals surface area contributed by atoms with Crippen LogP contribution in [0.1, 0.15) is 21.5 Å². The van der Waals surface area contributed by atoms with Crippen molar-refractivity contribution in [1.29, 1.82) is 0 Å². The fourth-order valence-electron chi connectivity index (χ4n) is 2.79. The highest BCUT2D eigenvalue weighted by atomic mass is 32.1. The second-order valence-corrected chi connectivity index (χ2v) is 6.19. The Hall–Kier alpha value is -3.66. The second-order valence-electron chi connectivity index (χ2n) is 5.80. The summed E-state index contributed by atoms with van der Waals surface area (Å²) in [6.45, 7) is 3.64. The van der Waals surface area contributed by atoms with E-state index >= 15 is 0 Å². The Labute approximate surface area is 161 Å². The number of carbonyl (C=O) groups is 1. The van der Waals surface area contributed by atoms with Gasteiger partial charge in [0.15, 0.2) is 10.6 Å². The molecule has 1 aliphatic carbocycles. The highest BCUT2D eigenvalue weighted by molar-refractivity contribution is 7.71. The first kappa shape index (κ1) is 19.1. The number of nitrogens with one attached hydrogen (secondary N) is 1. The van der Waals surface area contributed by atoms with E-state index in [1.165, 1.54) is 22.8 Å². The van der Waals surface area contributed by atoms with Crippen molar-refractivity contribution in [3.05, 3.63) is 84.2 Å². The summed E-state index contributed by atoms with van der Waals surface area (Å²) in [6.07, 6.45) is 5.11. The quantitative estimate of drug-likeness (QED) is 0.267. The third-order valence-corrected chi connectivity index (χ3v) is 4.40. The number of nitro groups is 1. The number of aromatic nitrogens is 2. The molecule has 0 fully saturated rings. The lowest BCUT2D eigenvalue weighted by Crippen LogP contribution is -2.17. The van der Waals surface area contributed by atoms with Gasteiger partial charge in [-0.05, 0) is 30.4 Å². The van der Waals surface area contributed by atoms with Gasteiger partial charge in [0, 0.05) is 17.7 Å². The molecule has 0 spiro atoms. The van der Waals surface area contributed by atoms with Crippen LogP contribution >= 0.6 is 12.2 Å². The van der Waals surface area contributed by atoms with Gasteiger partial charge in [0.25, 0.3) is 11.2 Å². The van der Waals surface area contributed by atoms with Crippen molar-refractivity contribution in [2.24, 2.45) is 0 Å². The van der Waals surface area contributed by atoms with Crippen LogP contribution in [0.25, 0.3) is 12.2 Å². The number of aromatic hydroxyl groups is 1. The molecule has 0 unspecified atom stereocenters. The number of aromatic amines is 1. The minimum atomic E-state index is -0.937. The van der Waals surface area contributed by atoms with Gasteiger partial charge in [-0.3, -0.25) is 29.3 Å². The lowest BCUT2D eigenvalue weighted by atomic mass is 9.90. The Bertz CT molecular complexity index is 1220. The van der Waals surface area contributed by atoms with Crippen molar-refractivity contribution in [3.63, 3.8) is 0 Å². The summed E-state index contributed by atoms with van der Waals surface area (Å²) in [4.78, 5) is 37.6. The highest BCUT2D eigenvalue weighted by Gasteiger charge is 2.27. The number of ketones is 1. The minimum Gasteiger partial charge on any atom is -0.494 e. The van der Waals surface area contributed by atoms with E-state index in [1.54, 1.807) is 0 Å². The van der Waals surface area contributed by atoms with Gasteiger partial charge in [0.05, 0.1) is 16.6 Å². The van der Waals surface area contributed by atoms with Gasteiger partial charge < -0.3 is 5.11 Å². The summed E-state index contributed by atoms with van der Waals surface area (Å²) < 4.78 is 14.9. The number of halogens is 1. The fraction of sp³-hybridized carbons (Fsp3) is 0.0556. The average molecular weight is 401 g/mol. The van der Waals surface area contributed by atoms with Crippen molar-refractivity contribution in [3.8, 4) is 5.88 Å². The molecule has 1 heterocycles. The number of hydrogen-bond donors (Lipinski definition) is 2. The van der Waals surface area contributed by atoms with Crippen LogP contribution in [0.2, 0.25) is 0 Å². The van der Waals surface area contributed by atoms with E-state index in [4.69, 9.17) is 12.2 Å². The molecule has 10 heteroatoms. The van der Waals surface area contributed by atoms with Crippen molar-refractivity contribution in [2.75, 3.05) is 0 Å². The number of benzene rings is 1. The first-order chi connectivity index (χ1) is 13.2. The molecule has 8 nitrogen and oxygen atoms in total. The third-order valence-electron chi connectivity index (χ3n) is 4.07. The SMILES string of the molecule is C=CCn1c(O)c(C=C2C=Cc3c(cc(F)cc3[N+](=O)[O-])C2=O)c(=O)[nH]c1=S. The summed E-state index contributed by atoms with van der Waals surface area (Å²) in [5.41, 5.74) is -1.82. The summed E-state index contributed by atoms with van der Waals surface area (Å²) in [7, 11) is 0. The van der Waals surface area contributed by atoms with E-state index in [0.29, 0.717) is 0 Å². The molecule has 0 radical (unpaired) electrons. The molecule has 1 aromatic heterocycles. The molecular formula is C18H12FN3O5S. The molecule has 1 aromatic carbocycles. The average Bonchev–Trinajstić information content (AvgIpc) is 2.63. The molecule has 0 saturated heterocycles. The zero-order valence-electron chi connectivity index (χ0n) is 14.1. The molecule has 3 rings (SSSR count). The monoisotopic (exact) mass is 401 g/mol. The molecule has 0 aliphatic heterocycles. The molecule has 28 heavy (non-hydrogen) atoms. The maximum Gasteiger partial charge on any atom is 0.280 e. The maximum absolute atomic E-state index is 13.7. The Kier molecular flexibility index (Phi) is 4.89. The molecule has 2 N–H and O–H groups in total. The van der Waals surface area contributed by atoms with Gasteiger partial charge >= 0.3 is 0 Å². The molecule has 0 saturated carbocycles. The molecule has 2 aromatic rings. The highest BCUT2D eigenvalue weighted by Crippen LogP contribution is 2.32. The van der Waals surface area contributed by atoms with E-state index in [1.807, 2.05) is 0 Å². The second kappa shape index (κ2) is 7.16. The van der Waals surface area contributed by atoms with Crippen LogP contribution in [-0.2, 0) is 6.54 Å². The number of hydrogen-bond acceptors (Lipinski definition) is 6. The van der Waals surface area contributed by atoms with Gasteiger partial charge in [-0.1, -0.05) is 12.2 Å². The van der Waals surface area contributed by atoms with Crippen molar-refractivity contribution >= 4 is 35.8 Å². The van der Waals surface area contributed by atoms with Crippen LogP contribution in [0.5, 0.6) is 5.88 Å². The van der Waals surface area contributed by atoms with Gasteiger partial charge in [-0.25, -0.2) is 4.39 Å². The van der Waals surface area contributed by atoms with Gasteiger partial charge in [-0.15, -0.1) is 6.58 Å². The van der Waals surface area contributed by atoms with E-state index in [0.717, 1.165) is 18.2 Å². The maximum atomic E-state index is 13.7. The molecule has 1 aliphatic rings. The van der Waals surface area contributed by atoms with Gasteiger partial charge in [0.2, 0.25) is 5.88 Å². The standard InChI is InChI=1S/C18H12FN3O5S/c1-2-5-21-17(25)13(16(24)20-18(21)28)6-9-3-4-11-12(15(9)23)7-10(19)8-14(11)22(26)27/h2-4,6-8,25H,1,5H2,(H,20,24,28). The molecule has 142 valence electrons. The Balaban J connectivity index is 2.19. The Morgan fingerprint density at radius 3 is 2.71 bits per heavy atom. The summed E-state index contributed by atoms with van der Waals surface area (Å²) in [6, 6.07) is 1.61. The smallest absolute Gasteiger partial charge is 0.280 e. The summed E-state index contributed by atoms with van der Waals surface area (Å²) in [5, 5.41) is 21.5. The van der Waals surface area contributed by atoms with Crippen LogP contribution < -0.4 is 5.56 Å². The minimum absolute atomic E-state index is 0.0295. The van der Waals surface area contributed by atoms with Gasteiger partial charge in [-0.2, -0.15) is 0 Å². The number of rotatable bonds is 4. The number of carbonyl (C=O) groups excluding carboxylic acids is 1. The zero-order chi connectivity index (χ0) is 20.6. The summed E-state index contributed by atoms with van der Waals surface area (Å²) >= 11 is 4.98. The first-order valence-electron chi connectivity index (χ1n) is 7.84. The molecule has 0 amide bonds. The van der Waals surface area contributed by atoms with Gasteiger partial charge in [0.1, 0.15) is 11.4 Å². The predicted molar refractivity (Wildman–Crippen MR) is 102 cm³/mol. The number of fused-ring (bicyclic) bond motifs is 1. The molecular weight excluding hydrogens is 389 g/mol. The third kappa shape index (κ3) is 3.21. The summed E-state index contributed by atoms with van der Waals surface area (Å²) in [5.74, 6) is -2.14. The molecule has 0 atom stereocenters. The van der Waals surface area contributed by atoms with Crippen molar-refractivity contribution in [2.45, 2.75) is 6.54 Å². The van der Waals surface area contributed by atoms with Crippen LogP contribution in [0.15, 0.2) is 41.2 Å². The van der Waals surface area contributed by atoms with E-state index < -0.39 is 33.7 Å². The van der Waals surface area contributed by atoms with E-state index in [2.05, 4.69) is 11.6 Å². The van der Waals surface area contributed by atoms with Crippen LogP contribution in [0.3, 0.4) is 0 Å². The lowest BCUT2D eigenvalue weighted by Gasteiger charge is -2.13. The number of nitro benzene ring substituents is 1. The largest absolute Gasteiger partial charge is 0.494 e. The van der Waals surface area contributed by atoms with Crippen molar-refractivity contribution in [1.82, 2.24) is 9.55 Å². The molecule has 0 bridgehead atoms. The van der Waals surface area contributed by atoms with Crippen LogP contribution in [0, 0.1) is 20.7 Å². The predicted octanol–water partition coefficient (Wildman–Crippen LogP) is 3.14. The van der Waals surface area contributed by atoms with E-state index in [9.17, 15) is 29.2 Å². The number of Topliss-reactive ketones (excluding diaryl/α,β-unsaturated/α-hetero) is 1. The van der Waals surface area contributed by atoms with Crippen LogP contribution in [0.4, 0.5) is 10.1 Å². The van der Waals surface area contributed by atoms with Crippen molar-refractivity contribution < 1.29 is 19.2 Å². The number of allylic oxidation sites excluding steroid dienone is 3. The topological polar surface area (TPSA) is 118 Å². The fourth-order valence-corrected chi connectivity index (χ4v) is 3.05. The van der Waals surface area contributed by atoms with Crippen LogP contribution in [-0.4, -0.2) is 25.4 Å². The Morgan fingerprint density at radius 1 is 1.36 bits per heavy atom. The van der Waals surface area contributed by atoms with E-state index in [-0.39, 0.29) is 33.6 Å². The first-order valence-corrected chi connectivity index (χ1v) is 8.24. The lowest BCUT2D eigenvalue weighted by molar-refractivity contribution is -0.385.